The molecule has 14 heteroatoms. The number of aromatic carboxylic acids is 1. The Balaban J connectivity index is 0.948. The Morgan fingerprint density at radius 3 is 2.38 bits per heavy atom. The first-order valence-electron chi connectivity index (χ1n) is 15.6. The Hall–Kier alpha value is -4.82. The van der Waals surface area contributed by atoms with Crippen molar-refractivity contribution in [3.05, 3.63) is 83.6 Å². The molecule has 2 fully saturated rings. The predicted octanol–water partition coefficient (Wildman–Crippen LogP) is 5.00. The van der Waals surface area contributed by atoms with Gasteiger partial charge in [0.05, 0.1) is 23.1 Å². The van der Waals surface area contributed by atoms with E-state index < -0.39 is 12.1 Å². The minimum atomic E-state index is -1.00. The van der Waals surface area contributed by atoms with Crippen molar-refractivity contribution < 1.29 is 24.2 Å². The third-order valence-corrected chi connectivity index (χ3v) is 9.59. The fourth-order valence-corrected chi connectivity index (χ4v) is 6.86. The number of tetrazole rings is 1. The van der Waals surface area contributed by atoms with Gasteiger partial charge in [-0.1, -0.05) is 30.8 Å². The van der Waals surface area contributed by atoms with Crippen LogP contribution in [0.15, 0.2) is 72.0 Å². The van der Waals surface area contributed by atoms with Gasteiger partial charge in [0.2, 0.25) is 11.0 Å². The summed E-state index contributed by atoms with van der Waals surface area (Å²) in [5.41, 5.74) is 3.09. The Labute approximate surface area is 276 Å². The van der Waals surface area contributed by atoms with Crippen LogP contribution in [-0.4, -0.2) is 89.5 Å². The van der Waals surface area contributed by atoms with Gasteiger partial charge in [0.25, 0.3) is 5.91 Å². The van der Waals surface area contributed by atoms with Crippen molar-refractivity contribution >= 4 is 35.4 Å². The highest BCUT2D eigenvalue weighted by Gasteiger charge is 2.27. The van der Waals surface area contributed by atoms with Crippen molar-refractivity contribution in [2.45, 2.75) is 49.6 Å². The molecule has 2 aliphatic rings. The molecule has 2 saturated heterocycles. The second-order valence-corrected chi connectivity index (χ2v) is 13.2. The molecule has 0 saturated carbocycles. The molecule has 0 spiro atoms. The molecule has 6 rings (SSSR count). The third kappa shape index (κ3) is 8.32. The fraction of sp³-hybridized carbons (Fsp3) is 0.364. The molecule has 0 aliphatic carbocycles. The minimum Gasteiger partial charge on any atom is -0.478 e. The van der Waals surface area contributed by atoms with Crippen LogP contribution in [0.1, 0.15) is 58.9 Å². The molecule has 4 aromatic rings. The van der Waals surface area contributed by atoms with Gasteiger partial charge < -0.3 is 20.1 Å². The SMILES string of the molecule is CC1CCCN(Cc2ccc(C(=O)Nc3ccc(OC(=O)N4CCC(Sc5nnnn5-c5ccc(C(=O)O)cc5)CC4)nc3)cc2)C1. The van der Waals surface area contributed by atoms with Crippen LogP contribution < -0.4 is 10.1 Å². The number of likely N-dealkylation sites (tertiary alicyclic amines) is 2. The fourth-order valence-electron chi connectivity index (χ4n) is 5.79. The van der Waals surface area contributed by atoms with E-state index in [0.29, 0.717) is 48.0 Å². The van der Waals surface area contributed by atoms with E-state index in [2.05, 4.69) is 37.6 Å². The Morgan fingerprint density at radius 1 is 0.957 bits per heavy atom. The summed E-state index contributed by atoms with van der Waals surface area (Å²) in [6, 6.07) is 17.2. The number of ether oxygens (including phenoxy) is 1. The lowest BCUT2D eigenvalue weighted by molar-refractivity contribution is 0.0696. The van der Waals surface area contributed by atoms with E-state index in [1.807, 2.05) is 24.3 Å². The standard InChI is InChI=1S/C33H36N8O5S/c1-22-3-2-16-39(20-22)21-23-4-6-24(7-5-23)30(42)35-26-10-13-29(34-19-26)46-33(45)40-17-14-28(15-18-40)47-32-36-37-38-41(32)27-11-8-25(9-12-27)31(43)44/h4-13,19,22,28H,2-3,14-18,20-21H2,1H3,(H,35,42)(H,43,44). The van der Waals surface area contributed by atoms with E-state index in [0.717, 1.165) is 25.6 Å². The van der Waals surface area contributed by atoms with E-state index in [-0.39, 0.29) is 22.6 Å². The number of carbonyl (C=O) groups excluding carboxylic acids is 2. The van der Waals surface area contributed by atoms with Crippen molar-refractivity contribution in [3.8, 4) is 11.6 Å². The van der Waals surface area contributed by atoms with Crippen LogP contribution in [-0.2, 0) is 6.54 Å². The summed E-state index contributed by atoms with van der Waals surface area (Å²) < 4.78 is 7.07. The van der Waals surface area contributed by atoms with Crippen LogP contribution in [0.3, 0.4) is 0 Å². The summed E-state index contributed by atoms with van der Waals surface area (Å²) in [4.78, 5) is 45.1. The van der Waals surface area contributed by atoms with Crippen LogP contribution in [0.5, 0.6) is 5.88 Å². The summed E-state index contributed by atoms with van der Waals surface area (Å²) in [5, 5.41) is 24.7. The van der Waals surface area contributed by atoms with Gasteiger partial charge in [0.15, 0.2) is 0 Å². The molecule has 2 aromatic heterocycles. The number of piperidine rings is 2. The van der Waals surface area contributed by atoms with Crippen molar-refractivity contribution in [3.63, 3.8) is 0 Å². The van der Waals surface area contributed by atoms with Crippen LogP contribution >= 0.6 is 11.8 Å². The summed E-state index contributed by atoms with van der Waals surface area (Å²) in [7, 11) is 0. The number of amides is 2. The molecule has 244 valence electrons. The number of carboxylic acids is 1. The average molecular weight is 657 g/mol. The van der Waals surface area contributed by atoms with Crippen molar-refractivity contribution in [2.75, 3.05) is 31.5 Å². The third-order valence-electron chi connectivity index (χ3n) is 8.32. The molecule has 1 atom stereocenters. The van der Waals surface area contributed by atoms with E-state index in [4.69, 9.17) is 9.84 Å². The quantitative estimate of drug-likeness (QED) is 0.250. The molecule has 2 amide bonds. The summed E-state index contributed by atoms with van der Waals surface area (Å²) >= 11 is 1.52. The molecule has 0 bridgehead atoms. The average Bonchev–Trinajstić information content (AvgIpc) is 3.54. The number of rotatable bonds is 9. The van der Waals surface area contributed by atoms with Crippen molar-refractivity contribution in [2.24, 2.45) is 5.92 Å². The van der Waals surface area contributed by atoms with Gasteiger partial charge in [-0.15, -0.1) is 5.10 Å². The highest BCUT2D eigenvalue weighted by molar-refractivity contribution is 7.99. The van der Waals surface area contributed by atoms with E-state index >= 15 is 0 Å². The molecular weight excluding hydrogens is 620 g/mol. The normalized spacial score (nSPS) is 17.3. The lowest BCUT2D eigenvalue weighted by atomic mass is 9.99. The first-order chi connectivity index (χ1) is 22.8. The smallest absolute Gasteiger partial charge is 0.416 e. The van der Waals surface area contributed by atoms with Gasteiger partial charge in [0, 0.05) is 43.1 Å². The summed E-state index contributed by atoms with van der Waals surface area (Å²) in [6.45, 7) is 6.40. The van der Waals surface area contributed by atoms with Gasteiger partial charge >= 0.3 is 12.1 Å². The zero-order chi connectivity index (χ0) is 32.8. The van der Waals surface area contributed by atoms with Crippen LogP contribution in [0.4, 0.5) is 10.5 Å². The van der Waals surface area contributed by atoms with Crippen LogP contribution in [0.25, 0.3) is 5.69 Å². The zero-order valence-electron chi connectivity index (χ0n) is 26.0. The summed E-state index contributed by atoms with van der Waals surface area (Å²) in [6.07, 6.45) is 4.92. The Morgan fingerprint density at radius 2 is 1.70 bits per heavy atom. The maximum absolute atomic E-state index is 12.8. The number of hydrogen-bond donors (Lipinski definition) is 2. The van der Waals surface area contributed by atoms with Crippen molar-refractivity contribution in [1.29, 1.82) is 0 Å². The first kappa shape index (κ1) is 32.1. The number of hydrogen-bond acceptors (Lipinski definition) is 10. The lowest BCUT2D eigenvalue weighted by Gasteiger charge is -2.30. The van der Waals surface area contributed by atoms with E-state index in [1.165, 1.54) is 48.5 Å². The zero-order valence-corrected chi connectivity index (χ0v) is 26.8. The summed E-state index contributed by atoms with van der Waals surface area (Å²) in [5.74, 6) is -0.366. The lowest BCUT2D eigenvalue weighted by Crippen LogP contribution is -2.41. The number of anilines is 1. The monoisotopic (exact) mass is 656 g/mol. The number of carbonyl (C=O) groups is 3. The number of nitrogens with one attached hydrogen (secondary N) is 1. The topological polar surface area (TPSA) is 156 Å². The molecule has 4 heterocycles. The largest absolute Gasteiger partial charge is 0.478 e. The molecule has 47 heavy (non-hydrogen) atoms. The number of carboxylic acid groups (broad SMARTS) is 1. The number of aromatic nitrogens is 5. The second kappa shape index (κ2) is 14.7. The number of benzene rings is 2. The van der Waals surface area contributed by atoms with Crippen LogP contribution in [0, 0.1) is 5.92 Å². The van der Waals surface area contributed by atoms with Crippen molar-refractivity contribution in [1.82, 2.24) is 35.0 Å². The molecule has 2 aromatic carbocycles. The maximum Gasteiger partial charge on any atom is 0.416 e. The predicted molar refractivity (Wildman–Crippen MR) is 175 cm³/mol. The highest BCUT2D eigenvalue weighted by Crippen LogP contribution is 2.30. The van der Waals surface area contributed by atoms with Gasteiger partial charge in [-0.2, -0.15) is 4.68 Å². The Bertz CT molecular complexity index is 1690. The van der Waals surface area contributed by atoms with Gasteiger partial charge in [-0.05, 0) is 96.6 Å². The number of nitrogens with zero attached hydrogens (tertiary/aromatic N) is 7. The molecule has 1 unspecified atom stereocenters. The Kier molecular flexibility index (Phi) is 10.1. The molecule has 0 radical (unpaired) electrons. The number of pyridine rings is 1. The second-order valence-electron chi connectivity index (χ2n) is 11.9. The highest BCUT2D eigenvalue weighted by atomic mass is 32.2. The van der Waals surface area contributed by atoms with Gasteiger partial charge in [0.1, 0.15) is 0 Å². The molecular formula is C33H36N8O5S. The molecule has 2 aliphatic heterocycles. The van der Waals surface area contributed by atoms with E-state index in [1.54, 1.807) is 33.8 Å². The molecule has 13 nitrogen and oxygen atoms in total. The van der Waals surface area contributed by atoms with Crippen LogP contribution in [0.2, 0.25) is 0 Å². The van der Waals surface area contributed by atoms with E-state index in [9.17, 15) is 14.4 Å². The first-order valence-corrected chi connectivity index (χ1v) is 16.5. The van der Waals surface area contributed by atoms with Gasteiger partial charge in [-0.25, -0.2) is 14.6 Å². The maximum atomic E-state index is 12.8. The molecule has 2 N–H and O–H groups in total. The van der Waals surface area contributed by atoms with Gasteiger partial charge in [-0.3, -0.25) is 9.69 Å². The minimum absolute atomic E-state index is 0.147. The number of thioether (sulfide) groups is 1.